The van der Waals surface area contributed by atoms with E-state index < -0.39 is 74.6 Å². The number of carboxylic acid groups (broad SMARTS) is 5. The lowest BCUT2D eigenvalue weighted by Gasteiger charge is -2.12. The standard InChI is InChI=1S/C18H10O11/c19-13(6-1-2-7(14(20)21)10(5-6)16(24)25)8-3-4-9(15(22)23)12(18(28)29)11(8)17(26)27/h1-5H,(H,20,21)(H,22,23)(H,24,25)(H,26,27)(H,28,29). The molecule has 11 nitrogen and oxygen atoms in total. The van der Waals surface area contributed by atoms with Crippen LogP contribution in [0.25, 0.3) is 0 Å². The summed E-state index contributed by atoms with van der Waals surface area (Å²) in [6.07, 6.45) is 0. The molecule has 0 aliphatic rings. The molecule has 2 aromatic rings. The predicted molar refractivity (Wildman–Crippen MR) is 91.1 cm³/mol. The fraction of sp³-hybridized carbons (Fsp3) is 0. The number of carbonyl (C=O) groups is 6. The summed E-state index contributed by atoms with van der Waals surface area (Å²) in [5, 5.41) is 45.9. The molecule has 29 heavy (non-hydrogen) atoms. The van der Waals surface area contributed by atoms with Gasteiger partial charge in [-0.3, -0.25) is 4.79 Å². The minimum Gasteiger partial charge on any atom is -0.478 e. The van der Waals surface area contributed by atoms with Crippen LogP contribution in [0.2, 0.25) is 0 Å². The summed E-state index contributed by atoms with van der Waals surface area (Å²) in [7, 11) is 0. The van der Waals surface area contributed by atoms with Gasteiger partial charge in [-0.1, -0.05) is 6.07 Å². The molecule has 148 valence electrons. The van der Waals surface area contributed by atoms with Crippen LogP contribution in [-0.4, -0.2) is 61.2 Å². The van der Waals surface area contributed by atoms with Gasteiger partial charge in [0.2, 0.25) is 0 Å². The number of carbonyl (C=O) groups excluding carboxylic acids is 1. The van der Waals surface area contributed by atoms with E-state index in [1.807, 2.05) is 0 Å². The molecule has 2 rings (SSSR count). The molecule has 0 saturated heterocycles. The van der Waals surface area contributed by atoms with Crippen LogP contribution in [0.15, 0.2) is 30.3 Å². The zero-order valence-corrected chi connectivity index (χ0v) is 14.1. The van der Waals surface area contributed by atoms with Gasteiger partial charge in [-0.2, -0.15) is 0 Å². The summed E-state index contributed by atoms with van der Waals surface area (Å²) >= 11 is 0. The first kappa shape index (κ1) is 20.8. The van der Waals surface area contributed by atoms with Gasteiger partial charge < -0.3 is 25.5 Å². The Morgan fingerprint density at radius 2 is 0.897 bits per heavy atom. The maximum Gasteiger partial charge on any atom is 0.337 e. The Balaban J connectivity index is 2.79. The highest BCUT2D eigenvalue weighted by Gasteiger charge is 2.30. The maximum atomic E-state index is 12.7. The minimum atomic E-state index is -1.90. The molecule has 0 heterocycles. The van der Waals surface area contributed by atoms with Crippen molar-refractivity contribution in [3.63, 3.8) is 0 Å². The predicted octanol–water partition coefficient (Wildman–Crippen LogP) is 1.41. The van der Waals surface area contributed by atoms with Gasteiger partial charge in [-0.25, -0.2) is 24.0 Å². The summed E-state index contributed by atoms with van der Waals surface area (Å²) in [5.74, 6) is -9.91. The highest BCUT2D eigenvalue weighted by molar-refractivity contribution is 6.19. The molecule has 0 aliphatic heterocycles. The smallest absolute Gasteiger partial charge is 0.337 e. The molecule has 2 aromatic carbocycles. The van der Waals surface area contributed by atoms with Crippen molar-refractivity contribution in [2.75, 3.05) is 0 Å². The van der Waals surface area contributed by atoms with Crippen LogP contribution in [0.3, 0.4) is 0 Å². The number of ketones is 1. The molecule has 0 spiro atoms. The van der Waals surface area contributed by atoms with Crippen molar-refractivity contribution in [2.45, 2.75) is 0 Å². The van der Waals surface area contributed by atoms with Crippen LogP contribution in [0.5, 0.6) is 0 Å². The summed E-state index contributed by atoms with van der Waals surface area (Å²) < 4.78 is 0. The van der Waals surface area contributed by atoms with Crippen LogP contribution in [0.1, 0.15) is 67.7 Å². The van der Waals surface area contributed by atoms with E-state index in [2.05, 4.69) is 0 Å². The molecule has 5 N–H and O–H groups in total. The largest absolute Gasteiger partial charge is 0.478 e. The first-order valence-corrected chi connectivity index (χ1v) is 7.49. The number of hydrogen-bond acceptors (Lipinski definition) is 6. The van der Waals surface area contributed by atoms with E-state index in [0.29, 0.717) is 6.07 Å². The quantitative estimate of drug-likeness (QED) is 0.419. The Hall–Kier alpha value is -4.54. The number of carboxylic acids is 5. The van der Waals surface area contributed by atoms with Crippen LogP contribution in [0.4, 0.5) is 0 Å². The third-order valence-electron chi connectivity index (χ3n) is 3.85. The second-order valence-corrected chi connectivity index (χ2v) is 5.53. The molecule has 0 aliphatic carbocycles. The van der Waals surface area contributed by atoms with E-state index in [1.54, 1.807) is 0 Å². The number of aromatic carboxylic acids is 5. The van der Waals surface area contributed by atoms with E-state index in [-0.39, 0.29) is 0 Å². The molecule has 0 unspecified atom stereocenters. The van der Waals surface area contributed by atoms with Gasteiger partial charge in [0.05, 0.1) is 27.8 Å². The fourth-order valence-electron chi connectivity index (χ4n) is 2.62. The van der Waals surface area contributed by atoms with Gasteiger partial charge in [0, 0.05) is 11.1 Å². The summed E-state index contributed by atoms with van der Waals surface area (Å²) in [6.45, 7) is 0. The molecule has 0 bridgehead atoms. The monoisotopic (exact) mass is 402 g/mol. The third-order valence-corrected chi connectivity index (χ3v) is 3.85. The van der Waals surface area contributed by atoms with Crippen molar-refractivity contribution in [2.24, 2.45) is 0 Å². The topological polar surface area (TPSA) is 204 Å². The number of hydrogen-bond donors (Lipinski definition) is 5. The van der Waals surface area contributed by atoms with Crippen molar-refractivity contribution < 1.29 is 54.3 Å². The average Bonchev–Trinajstić information content (AvgIpc) is 2.65. The molecule has 0 fully saturated rings. The lowest BCUT2D eigenvalue weighted by molar-refractivity contribution is 0.0631. The summed E-state index contributed by atoms with van der Waals surface area (Å²) in [4.78, 5) is 69.4. The van der Waals surface area contributed by atoms with Gasteiger partial charge >= 0.3 is 29.8 Å². The van der Waals surface area contributed by atoms with Gasteiger partial charge in [-0.05, 0) is 24.3 Å². The Kier molecular flexibility index (Phi) is 5.44. The van der Waals surface area contributed by atoms with Crippen molar-refractivity contribution in [3.8, 4) is 0 Å². The summed E-state index contributed by atoms with van der Waals surface area (Å²) in [6, 6.07) is 3.96. The van der Waals surface area contributed by atoms with E-state index in [0.717, 1.165) is 24.3 Å². The van der Waals surface area contributed by atoms with Crippen molar-refractivity contribution in [3.05, 3.63) is 69.3 Å². The van der Waals surface area contributed by atoms with Crippen LogP contribution >= 0.6 is 0 Å². The average molecular weight is 402 g/mol. The van der Waals surface area contributed by atoms with Gasteiger partial charge in [0.25, 0.3) is 0 Å². The fourth-order valence-corrected chi connectivity index (χ4v) is 2.62. The normalized spacial score (nSPS) is 10.2. The lowest BCUT2D eigenvalue weighted by atomic mass is 9.90. The maximum absolute atomic E-state index is 12.7. The third kappa shape index (κ3) is 3.78. The van der Waals surface area contributed by atoms with E-state index in [4.69, 9.17) is 15.3 Å². The Bertz CT molecular complexity index is 1110. The van der Waals surface area contributed by atoms with E-state index in [9.17, 15) is 39.0 Å². The van der Waals surface area contributed by atoms with E-state index >= 15 is 0 Å². The Morgan fingerprint density at radius 3 is 1.34 bits per heavy atom. The number of benzene rings is 2. The van der Waals surface area contributed by atoms with Crippen molar-refractivity contribution in [1.82, 2.24) is 0 Å². The van der Waals surface area contributed by atoms with Crippen LogP contribution in [-0.2, 0) is 0 Å². The van der Waals surface area contributed by atoms with Crippen molar-refractivity contribution in [1.29, 1.82) is 0 Å². The Morgan fingerprint density at radius 1 is 0.483 bits per heavy atom. The molecule has 0 radical (unpaired) electrons. The molecule has 0 saturated carbocycles. The first-order chi connectivity index (χ1) is 13.5. The first-order valence-electron chi connectivity index (χ1n) is 7.49. The summed E-state index contributed by atoms with van der Waals surface area (Å²) in [5.41, 5.74) is -5.61. The minimum absolute atomic E-state index is 0.436. The van der Waals surface area contributed by atoms with Crippen LogP contribution in [0, 0.1) is 0 Å². The van der Waals surface area contributed by atoms with Gasteiger partial charge in [0.1, 0.15) is 0 Å². The Labute approximate surface area is 160 Å². The van der Waals surface area contributed by atoms with E-state index in [1.165, 1.54) is 0 Å². The molecular weight excluding hydrogens is 392 g/mol. The lowest BCUT2D eigenvalue weighted by Crippen LogP contribution is -2.20. The molecule has 11 heteroatoms. The second-order valence-electron chi connectivity index (χ2n) is 5.53. The van der Waals surface area contributed by atoms with Crippen LogP contribution < -0.4 is 0 Å². The second kappa shape index (κ2) is 7.60. The zero-order valence-electron chi connectivity index (χ0n) is 14.1. The SMILES string of the molecule is O=C(O)c1ccc(C(=O)c2ccc(C(=O)O)c(C(=O)O)c2C(=O)O)cc1C(=O)O. The van der Waals surface area contributed by atoms with Crippen molar-refractivity contribution >= 4 is 35.6 Å². The number of rotatable bonds is 7. The van der Waals surface area contributed by atoms with Gasteiger partial charge in [-0.15, -0.1) is 0 Å². The van der Waals surface area contributed by atoms with Gasteiger partial charge in [0.15, 0.2) is 5.78 Å². The molecule has 0 atom stereocenters. The highest BCUT2D eigenvalue weighted by atomic mass is 16.4. The zero-order chi connectivity index (χ0) is 22.0. The highest BCUT2D eigenvalue weighted by Crippen LogP contribution is 2.24. The molecular formula is C18H10O11. The molecule has 0 amide bonds. The molecule has 0 aromatic heterocycles.